The van der Waals surface area contributed by atoms with Crippen molar-refractivity contribution in [2.24, 2.45) is 5.92 Å². The largest absolute Gasteiger partial charge is 0.507 e. The van der Waals surface area contributed by atoms with Gasteiger partial charge in [-0.25, -0.2) is 4.39 Å². The van der Waals surface area contributed by atoms with Gasteiger partial charge in [-0.1, -0.05) is 26.0 Å². The molecule has 1 aliphatic heterocycles. The average molecular weight is 427 g/mol. The number of aliphatic hydroxyl groups excluding tert-OH is 1. The molecule has 1 atom stereocenters. The summed E-state index contributed by atoms with van der Waals surface area (Å²) < 4.78 is 24.1. The Balaban J connectivity index is 2.03. The molecule has 2 aromatic carbocycles. The molecule has 1 saturated heterocycles. The monoisotopic (exact) mass is 427 g/mol. The van der Waals surface area contributed by atoms with Gasteiger partial charge in [0.15, 0.2) is 0 Å². The number of likely N-dealkylation sites (tertiary alicyclic amines) is 1. The molecule has 0 radical (unpaired) electrons. The van der Waals surface area contributed by atoms with Crippen LogP contribution in [0.5, 0.6) is 5.75 Å². The van der Waals surface area contributed by atoms with E-state index >= 15 is 0 Å². The fourth-order valence-corrected chi connectivity index (χ4v) is 3.42. The van der Waals surface area contributed by atoms with Crippen LogP contribution in [0.3, 0.4) is 0 Å². The molecule has 1 heterocycles. The molecule has 0 spiro atoms. The number of hydrogen-bond acceptors (Lipinski definition) is 5. The molecule has 0 aromatic heterocycles. The van der Waals surface area contributed by atoms with E-state index in [0.29, 0.717) is 23.8 Å². The van der Waals surface area contributed by atoms with Gasteiger partial charge >= 0.3 is 0 Å². The number of benzene rings is 2. The van der Waals surface area contributed by atoms with Crippen molar-refractivity contribution in [3.05, 3.63) is 71.0 Å². The number of carbonyl (C=O) groups is 2. The minimum atomic E-state index is -0.792. The molecule has 3 rings (SSSR count). The Kier molecular flexibility index (Phi) is 7.07. The minimum absolute atomic E-state index is 0.0384. The Morgan fingerprint density at radius 2 is 1.74 bits per heavy atom. The first-order chi connectivity index (χ1) is 14.8. The van der Waals surface area contributed by atoms with Crippen LogP contribution < -0.4 is 4.74 Å². The Labute approximate surface area is 180 Å². The van der Waals surface area contributed by atoms with Crippen LogP contribution in [0.15, 0.2) is 54.1 Å². The molecule has 2 aromatic rings. The molecule has 7 heteroatoms. The van der Waals surface area contributed by atoms with Gasteiger partial charge in [0.2, 0.25) is 0 Å². The third-order valence-corrected chi connectivity index (χ3v) is 4.97. The van der Waals surface area contributed by atoms with Crippen LogP contribution >= 0.6 is 0 Å². The first kappa shape index (κ1) is 22.5. The summed E-state index contributed by atoms with van der Waals surface area (Å²) in [5.41, 5.74) is 0.868. The Bertz CT molecular complexity index is 966. The molecule has 1 N–H and O–H groups in total. The summed E-state index contributed by atoms with van der Waals surface area (Å²) in [6.07, 6.45) is 0. The Hall–Kier alpha value is -3.19. The van der Waals surface area contributed by atoms with Gasteiger partial charge in [-0.05, 0) is 47.9 Å². The molecule has 1 aliphatic rings. The smallest absolute Gasteiger partial charge is 0.295 e. The molecular formula is C24H26FNO5. The molecule has 0 aliphatic carbocycles. The van der Waals surface area contributed by atoms with Gasteiger partial charge in [0.1, 0.15) is 17.3 Å². The maximum Gasteiger partial charge on any atom is 0.295 e. The van der Waals surface area contributed by atoms with Crippen molar-refractivity contribution in [2.75, 3.05) is 26.9 Å². The lowest BCUT2D eigenvalue weighted by molar-refractivity contribution is -0.140. The lowest BCUT2D eigenvalue weighted by atomic mass is 9.95. The quantitative estimate of drug-likeness (QED) is 0.393. The summed E-state index contributed by atoms with van der Waals surface area (Å²) in [6, 6.07) is 11.4. The molecule has 1 amide bonds. The average Bonchev–Trinajstić information content (AvgIpc) is 3.01. The van der Waals surface area contributed by atoms with Crippen LogP contribution in [0.4, 0.5) is 4.39 Å². The van der Waals surface area contributed by atoms with Crippen LogP contribution in [0.2, 0.25) is 0 Å². The van der Waals surface area contributed by atoms with Crippen molar-refractivity contribution < 1.29 is 28.6 Å². The topological polar surface area (TPSA) is 76.1 Å². The second-order valence-electron chi connectivity index (χ2n) is 7.77. The van der Waals surface area contributed by atoms with E-state index in [-0.39, 0.29) is 30.0 Å². The van der Waals surface area contributed by atoms with Gasteiger partial charge in [0.05, 0.1) is 24.8 Å². The highest BCUT2D eigenvalue weighted by molar-refractivity contribution is 6.46. The number of rotatable bonds is 8. The molecule has 1 unspecified atom stereocenters. The standard InChI is InChI=1S/C24H26FNO5/c1-15(2)14-31-19-10-6-16(7-11-19)21-20(22(27)17-4-8-18(25)9-5-17)23(28)24(29)26(21)12-13-30-3/h4-11,15,21,27H,12-14H2,1-3H3/b22-20-. The number of ketones is 1. The highest BCUT2D eigenvalue weighted by Crippen LogP contribution is 2.39. The number of ether oxygens (including phenoxy) is 2. The van der Waals surface area contributed by atoms with Crippen molar-refractivity contribution in [3.8, 4) is 5.75 Å². The summed E-state index contributed by atoms with van der Waals surface area (Å²) in [5, 5.41) is 10.9. The lowest BCUT2D eigenvalue weighted by Gasteiger charge is -2.25. The first-order valence-electron chi connectivity index (χ1n) is 10.1. The van der Waals surface area contributed by atoms with E-state index in [1.165, 1.54) is 36.3 Å². The Morgan fingerprint density at radius 3 is 2.32 bits per heavy atom. The van der Waals surface area contributed by atoms with Crippen LogP contribution in [0.1, 0.15) is 31.0 Å². The van der Waals surface area contributed by atoms with Crippen molar-refractivity contribution >= 4 is 17.4 Å². The third kappa shape index (κ3) is 4.94. The highest BCUT2D eigenvalue weighted by Gasteiger charge is 2.45. The molecule has 0 bridgehead atoms. The summed E-state index contributed by atoms with van der Waals surface area (Å²) in [5.74, 6) is -1.27. The number of carbonyl (C=O) groups excluding carboxylic acids is 2. The van der Waals surface area contributed by atoms with E-state index in [1.54, 1.807) is 24.3 Å². The van der Waals surface area contributed by atoms with Gasteiger partial charge < -0.3 is 19.5 Å². The van der Waals surface area contributed by atoms with Gasteiger partial charge in [-0.2, -0.15) is 0 Å². The zero-order chi connectivity index (χ0) is 22.5. The van der Waals surface area contributed by atoms with E-state index < -0.39 is 23.5 Å². The SMILES string of the molecule is COCCN1C(=O)C(=O)/C(=C(\O)c2ccc(F)cc2)C1c1ccc(OCC(C)C)cc1. The molecule has 6 nitrogen and oxygen atoms in total. The predicted molar refractivity (Wildman–Crippen MR) is 114 cm³/mol. The van der Waals surface area contributed by atoms with Crippen LogP contribution in [0.25, 0.3) is 5.76 Å². The second-order valence-corrected chi connectivity index (χ2v) is 7.77. The zero-order valence-corrected chi connectivity index (χ0v) is 17.8. The normalized spacial score (nSPS) is 18.1. The van der Waals surface area contributed by atoms with Crippen LogP contribution in [-0.2, 0) is 14.3 Å². The number of amides is 1. The maximum atomic E-state index is 13.3. The van der Waals surface area contributed by atoms with E-state index in [1.807, 2.05) is 13.8 Å². The van der Waals surface area contributed by atoms with Gasteiger partial charge in [-0.15, -0.1) is 0 Å². The predicted octanol–water partition coefficient (Wildman–Crippen LogP) is 3.93. The summed E-state index contributed by atoms with van der Waals surface area (Å²) in [7, 11) is 1.50. The number of hydrogen-bond donors (Lipinski definition) is 1. The lowest BCUT2D eigenvalue weighted by Crippen LogP contribution is -2.32. The fourth-order valence-electron chi connectivity index (χ4n) is 3.42. The van der Waals surface area contributed by atoms with Crippen LogP contribution in [-0.4, -0.2) is 48.6 Å². The van der Waals surface area contributed by atoms with Crippen molar-refractivity contribution in [1.82, 2.24) is 4.90 Å². The maximum absolute atomic E-state index is 13.3. The van der Waals surface area contributed by atoms with Gasteiger partial charge in [0, 0.05) is 19.2 Å². The molecule has 0 saturated carbocycles. The van der Waals surface area contributed by atoms with E-state index in [9.17, 15) is 19.1 Å². The second kappa shape index (κ2) is 9.75. The highest BCUT2D eigenvalue weighted by atomic mass is 19.1. The number of Topliss-reactive ketones (excluding diaryl/α,β-unsaturated/α-hetero) is 1. The molecule has 164 valence electrons. The number of halogens is 1. The van der Waals surface area contributed by atoms with Crippen molar-refractivity contribution in [3.63, 3.8) is 0 Å². The number of methoxy groups -OCH3 is 1. The molecular weight excluding hydrogens is 401 g/mol. The Morgan fingerprint density at radius 1 is 1.10 bits per heavy atom. The number of nitrogens with zero attached hydrogens (tertiary/aromatic N) is 1. The van der Waals surface area contributed by atoms with E-state index in [0.717, 1.165) is 0 Å². The zero-order valence-electron chi connectivity index (χ0n) is 17.8. The first-order valence-corrected chi connectivity index (χ1v) is 10.1. The molecule has 31 heavy (non-hydrogen) atoms. The fraction of sp³-hybridized carbons (Fsp3) is 0.333. The van der Waals surface area contributed by atoms with Gasteiger partial charge in [0.25, 0.3) is 11.7 Å². The summed E-state index contributed by atoms with van der Waals surface area (Å²) in [6.45, 7) is 5.07. The summed E-state index contributed by atoms with van der Waals surface area (Å²) in [4.78, 5) is 27.0. The number of aliphatic hydroxyl groups is 1. The third-order valence-electron chi connectivity index (χ3n) is 4.97. The van der Waals surface area contributed by atoms with Gasteiger partial charge in [-0.3, -0.25) is 9.59 Å². The van der Waals surface area contributed by atoms with E-state index in [2.05, 4.69) is 0 Å². The summed E-state index contributed by atoms with van der Waals surface area (Å²) >= 11 is 0. The van der Waals surface area contributed by atoms with Crippen molar-refractivity contribution in [2.45, 2.75) is 19.9 Å². The van der Waals surface area contributed by atoms with Crippen molar-refractivity contribution in [1.29, 1.82) is 0 Å². The van der Waals surface area contributed by atoms with E-state index in [4.69, 9.17) is 9.47 Å². The molecule has 1 fully saturated rings. The minimum Gasteiger partial charge on any atom is -0.507 e. The van der Waals surface area contributed by atoms with Crippen LogP contribution in [0, 0.1) is 11.7 Å².